The Kier molecular flexibility index (Phi) is 5.74. The number of rotatable bonds is 4. The monoisotopic (exact) mass is 270 g/mol. The second-order valence-electron chi connectivity index (χ2n) is 3.57. The van der Waals surface area contributed by atoms with E-state index in [9.17, 15) is 18.0 Å². The molecule has 0 rings (SSSR count). The highest BCUT2D eigenvalue weighted by Crippen LogP contribution is 1.93. The van der Waals surface area contributed by atoms with E-state index >= 15 is 0 Å². The topological polar surface area (TPSA) is 92.3 Å². The number of alkyl halides is 1. The van der Waals surface area contributed by atoms with E-state index < -0.39 is 33.2 Å². The van der Waals surface area contributed by atoms with Crippen molar-refractivity contribution in [1.82, 2.24) is 10.6 Å². The van der Waals surface area contributed by atoms with Crippen molar-refractivity contribution in [3.63, 3.8) is 0 Å². The van der Waals surface area contributed by atoms with Crippen molar-refractivity contribution in [3.05, 3.63) is 0 Å². The van der Waals surface area contributed by atoms with Crippen molar-refractivity contribution >= 4 is 33.4 Å². The number of sulfone groups is 1. The molecule has 0 aliphatic rings. The molecule has 0 spiro atoms. The van der Waals surface area contributed by atoms with Crippen LogP contribution in [0, 0.1) is 0 Å². The van der Waals surface area contributed by atoms with Gasteiger partial charge >= 0.3 is 6.03 Å². The van der Waals surface area contributed by atoms with Crippen molar-refractivity contribution in [3.8, 4) is 0 Å². The van der Waals surface area contributed by atoms with Crippen LogP contribution in [0.15, 0.2) is 0 Å². The zero-order valence-electron chi connectivity index (χ0n) is 9.28. The Hall–Kier alpha value is -0.820. The summed E-state index contributed by atoms with van der Waals surface area (Å²) in [5, 5.41) is 3.47. The Labute approximate surface area is 99.6 Å². The number of carbonyl (C=O) groups excluding carboxylic acids is 2. The number of nitrogens with one attached hydrogen (secondary N) is 2. The fourth-order valence-electron chi connectivity index (χ4n) is 0.967. The molecule has 0 bridgehead atoms. The normalized spacial score (nSPS) is 15.0. The molecule has 0 aromatic heterocycles. The smallest absolute Gasteiger partial charge is 0.321 e. The zero-order chi connectivity index (χ0) is 12.9. The summed E-state index contributed by atoms with van der Waals surface area (Å²) in [6.07, 6.45) is 1.06. The Morgan fingerprint density at radius 2 is 1.81 bits per heavy atom. The first-order chi connectivity index (χ1) is 7.11. The van der Waals surface area contributed by atoms with Gasteiger partial charge in [-0.1, -0.05) is 0 Å². The van der Waals surface area contributed by atoms with Gasteiger partial charge in [-0.3, -0.25) is 10.1 Å². The van der Waals surface area contributed by atoms with Gasteiger partial charge in [0, 0.05) is 12.3 Å². The molecule has 0 saturated carbocycles. The summed E-state index contributed by atoms with van der Waals surface area (Å²) in [5.74, 6) is -0.823. The summed E-state index contributed by atoms with van der Waals surface area (Å²) >= 11 is 5.43. The minimum Gasteiger partial charge on any atom is -0.334 e. The molecule has 16 heavy (non-hydrogen) atoms. The van der Waals surface area contributed by atoms with Gasteiger partial charge in [0.15, 0.2) is 0 Å². The van der Waals surface area contributed by atoms with Crippen LogP contribution in [0.3, 0.4) is 0 Å². The van der Waals surface area contributed by atoms with Crippen LogP contribution in [-0.2, 0) is 14.6 Å². The summed E-state index contributed by atoms with van der Waals surface area (Å²) in [4.78, 5) is 22.2. The summed E-state index contributed by atoms with van der Waals surface area (Å²) in [7, 11) is -3.17. The van der Waals surface area contributed by atoms with E-state index in [4.69, 9.17) is 11.6 Å². The van der Waals surface area contributed by atoms with E-state index in [2.05, 4.69) is 5.32 Å². The van der Waals surface area contributed by atoms with Gasteiger partial charge in [-0.2, -0.15) is 0 Å². The maximum Gasteiger partial charge on any atom is 0.321 e. The van der Waals surface area contributed by atoms with E-state index in [-0.39, 0.29) is 5.75 Å². The first kappa shape index (κ1) is 15.2. The van der Waals surface area contributed by atoms with E-state index in [1.165, 1.54) is 13.8 Å². The second kappa shape index (κ2) is 6.05. The molecule has 0 radical (unpaired) electrons. The lowest BCUT2D eigenvalue weighted by atomic mass is 10.4. The van der Waals surface area contributed by atoms with Crippen LogP contribution in [0.4, 0.5) is 4.79 Å². The van der Waals surface area contributed by atoms with Crippen molar-refractivity contribution < 1.29 is 18.0 Å². The number of imide groups is 1. The van der Waals surface area contributed by atoms with Gasteiger partial charge in [-0.25, -0.2) is 13.2 Å². The maximum absolute atomic E-state index is 11.2. The van der Waals surface area contributed by atoms with Crippen LogP contribution in [0.25, 0.3) is 0 Å². The Morgan fingerprint density at radius 3 is 2.19 bits per heavy atom. The Balaban J connectivity index is 4.11. The molecule has 6 nitrogen and oxygen atoms in total. The van der Waals surface area contributed by atoms with Crippen LogP contribution in [0.2, 0.25) is 0 Å². The summed E-state index contributed by atoms with van der Waals surface area (Å²) in [5.41, 5.74) is 0. The lowest BCUT2D eigenvalue weighted by Gasteiger charge is -2.13. The first-order valence-electron chi connectivity index (χ1n) is 4.55. The lowest BCUT2D eigenvalue weighted by molar-refractivity contribution is -0.119. The van der Waals surface area contributed by atoms with E-state index in [0.717, 1.165) is 6.26 Å². The molecule has 3 amide bonds. The van der Waals surface area contributed by atoms with Crippen LogP contribution in [0.5, 0.6) is 0 Å². The van der Waals surface area contributed by atoms with Gasteiger partial charge in [0.2, 0.25) is 5.91 Å². The average Bonchev–Trinajstić information content (AvgIpc) is 1.98. The molecule has 2 N–H and O–H groups in total. The molecule has 2 atom stereocenters. The highest BCUT2D eigenvalue weighted by molar-refractivity contribution is 7.90. The van der Waals surface area contributed by atoms with Gasteiger partial charge in [-0.15, -0.1) is 11.6 Å². The number of hydrogen-bond acceptors (Lipinski definition) is 4. The highest BCUT2D eigenvalue weighted by Gasteiger charge is 2.16. The number of urea groups is 1. The molecule has 0 aliphatic carbocycles. The summed E-state index contributed by atoms with van der Waals surface area (Å²) < 4.78 is 21.8. The van der Waals surface area contributed by atoms with Crippen molar-refractivity contribution in [1.29, 1.82) is 0 Å². The SMILES string of the molecule is CC(CS(C)(=O)=O)NC(=O)NC(=O)C(C)Cl. The largest absolute Gasteiger partial charge is 0.334 e. The van der Waals surface area contributed by atoms with Crippen molar-refractivity contribution in [2.75, 3.05) is 12.0 Å². The summed E-state index contributed by atoms with van der Waals surface area (Å²) in [6.45, 7) is 2.94. The third-order valence-corrected chi connectivity index (χ3v) is 2.83. The van der Waals surface area contributed by atoms with Gasteiger partial charge < -0.3 is 5.32 Å². The minimum atomic E-state index is -3.17. The van der Waals surface area contributed by atoms with E-state index in [0.29, 0.717) is 0 Å². The molecule has 2 unspecified atom stereocenters. The molecular weight excluding hydrogens is 256 g/mol. The third-order valence-electron chi connectivity index (χ3n) is 1.53. The van der Waals surface area contributed by atoms with Gasteiger partial charge in [0.05, 0.1) is 5.75 Å². The van der Waals surface area contributed by atoms with Crippen LogP contribution in [-0.4, -0.2) is 43.8 Å². The third kappa shape index (κ3) is 7.47. The fraction of sp³-hybridized carbons (Fsp3) is 0.750. The van der Waals surface area contributed by atoms with Crippen LogP contribution in [0.1, 0.15) is 13.8 Å². The lowest BCUT2D eigenvalue weighted by Crippen LogP contribution is -2.47. The molecule has 8 heteroatoms. The number of hydrogen-bond donors (Lipinski definition) is 2. The zero-order valence-corrected chi connectivity index (χ0v) is 10.9. The molecule has 0 aromatic rings. The van der Waals surface area contributed by atoms with Gasteiger partial charge in [0.1, 0.15) is 15.2 Å². The molecular formula is C8H15ClN2O4S. The van der Waals surface area contributed by atoms with Crippen LogP contribution < -0.4 is 10.6 Å². The molecule has 0 fully saturated rings. The van der Waals surface area contributed by atoms with Crippen LogP contribution >= 0.6 is 11.6 Å². The number of carbonyl (C=O) groups is 2. The predicted octanol–water partition coefficient (Wildman–Crippen LogP) is -0.127. The first-order valence-corrected chi connectivity index (χ1v) is 7.04. The standard InChI is InChI=1S/C8H15ClN2O4S/c1-5(4-16(3,14)15)10-8(13)11-7(12)6(2)9/h5-6H,4H2,1-3H3,(H2,10,11,12,13). The molecule has 0 heterocycles. The molecule has 0 saturated heterocycles. The number of halogens is 1. The van der Waals surface area contributed by atoms with Gasteiger partial charge in [-0.05, 0) is 13.8 Å². The highest BCUT2D eigenvalue weighted by atomic mass is 35.5. The number of amides is 3. The molecule has 0 aromatic carbocycles. The quantitative estimate of drug-likeness (QED) is 0.696. The van der Waals surface area contributed by atoms with Crippen molar-refractivity contribution in [2.45, 2.75) is 25.3 Å². The fourth-order valence-corrected chi connectivity index (χ4v) is 2.01. The maximum atomic E-state index is 11.2. The minimum absolute atomic E-state index is 0.189. The van der Waals surface area contributed by atoms with E-state index in [1.54, 1.807) is 0 Å². The average molecular weight is 271 g/mol. The predicted molar refractivity (Wildman–Crippen MR) is 61.2 cm³/mol. The Morgan fingerprint density at radius 1 is 1.31 bits per heavy atom. The second-order valence-corrected chi connectivity index (χ2v) is 6.41. The summed E-state index contributed by atoms with van der Waals surface area (Å²) in [6, 6.07) is -1.33. The Bertz CT molecular complexity index is 366. The molecule has 0 aliphatic heterocycles. The van der Waals surface area contributed by atoms with E-state index in [1.807, 2.05) is 5.32 Å². The van der Waals surface area contributed by atoms with Gasteiger partial charge in [0.25, 0.3) is 0 Å². The van der Waals surface area contributed by atoms with Crippen molar-refractivity contribution in [2.24, 2.45) is 0 Å². The molecule has 94 valence electrons.